The van der Waals surface area contributed by atoms with Crippen LogP contribution < -0.4 is 10.2 Å². The van der Waals surface area contributed by atoms with Gasteiger partial charge in [0.15, 0.2) is 0 Å². The summed E-state index contributed by atoms with van der Waals surface area (Å²) >= 11 is 0. The molecule has 1 aromatic heterocycles. The van der Waals surface area contributed by atoms with Crippen molar-refractivity contribution in [3.8, 4) is 0 Å². The van der Waals surface area contributed by atoms with E-state index in [1.165, 1.54) is 24.9 Å². The fourth-order valence-corrected chi connectivity index (χ4v) is 4.54. The second kappa shape index (κ2) is 7.74. The van der Waals surface area contributed by atoms with Crippen molar-refractivity contribution in [3.05, 3.63) is 24.0 Å². The molecule has 3 aliphatic heterocycles. The molecule has 0 aliphatic carbocycles. The lowest BCUT2D eigenvalue weighted by atomic mass is 9.91. The lowest BCUT2D eigenvalue weighted by Crippen LogP contribution is -2.54. The topological polar surface area (TPSA) is 65.5 Å². The number of nitrogens with zero attached hydrogens (tertiary/aromatic N) is 3. The van der Waals surface area contributed by atoms with E-state index in [9.17, 15) is 9.59 Å². The lowest BCUT2D eigenvalue weighted by Gasteiger charge is -2.38. The van der Waals surface area contributed by atoms with E-state index in [0.29, 0.717) is 18.8 Å². The molecule has 0 spiro atoms. The molecule has 1 aromatic rings. The molecule has 3 fully saturated rings. The summed E-state index contributed by atoms with van der Waals surface area (Å²) in [5.41, 5.74) is 2.36. The van der Waals surface area contributed by atoms with Crippen molar-refractivity contribution in [2.24, 2.45) is 0 Å². The number of piperidine rings is 3. The summed E-state index contributed by atoms with van der Waals surface area (Å²) in [6.45, 7) is 4.04. The molecule has 0 radical (unpaired) electrons. The van der Waals surface area contributed by atoms with Crippen LogP contribution in [0.3, 0.4) is 0 Å². The van der Waals surface area contributed by atoms with Gasteiger partial charge >= 0.3 is 0 Å². The van der Waals surface area contributed by atoms with Crippen LogP contribution in [0.1, 0.15) is 56.6 Å². The maximum absolute atomic E-state index is 12.2. The van der Waals surface area contributed by atoms with Crippen LogP contribution in [0.4, 0.5) is 5.69 Å². The number of aromatic nitrogens is 1. The monoisotopic (exact) mass is 356 g/mol. The largest absolute Gasteiger partial charge is 0.370 e. The van der Waals surface area contributed by atoms with E-state index in [2.05, 4.69) is 27.2 Å². The Morgan fingerprint density at radius 1 is 1.00 bits per heavy atom. The van der Waals surface area contributed by atoms with E-state index in [1.807, 2.05) is 6.20 Å². The van der Waals surface area contributed by atoms with E-state index < -0.39 is 0 Å². The first-order chi connectivity index (χ1) is 12.7. The predicted octanol–water partition coefficient (Wildman–Crippen LogP) is 2.06. The number of likely N-dealkylation sites (tertiary alicyclic amines) is 1. The molecule has 1 N–H and O–H groups in total. The fourth-order valence-electron chi connectivity index (χ4n) is 4.54. The van der Waals surface area contributed by atoms with E-state index in [4.69, 9.17) is 4.98 Å². The molecule has 6 nitrogen and oxygen atoms in total. The number of anilines is 1. The number of amides is 2. The summed E-state index contributed by atoms with van der Waals surface area (Å²) in [6.07, 6.45) is 9.15. The van der Waals surface area contributed by atoms with Crippen molar-refractivity contribution in [2.75, 3.05) is 31.1 Å². The van der Waals surface area contributed by atoms with Gasteiger partial charge in [0.2, 0.25) is 11.8 Å². The molecule has 3 saturated heterocycles. The Labute approximate surface area is 155 Å². The Balaban J connectivity index is 1.41. The van der Waals surface area contributed by atoms with Crippen molar-refractivity contribution in [3.63, 3.8) is 0 Å². The smallest absolute Gasteiger partial charge is 0.243 e. The maximum atomic E-state index is 12.2. The molecular weight excluding hydrogens is 328 g/mol. The molecule has 2 amide bonds. The standard InChI is InChI=1S/C20H28N4O2/c25-19-9-8-18(20(26)22-19)24-12-4-5-15(14-24)17-7-6-16(13-21-17)23-10-2-1-3-11-23/h6-7,13,15,18H,1-5,8-12,14H2,(H,22,25,26)/t15?,18-/m1/s1. The Morgan fingerprint density at radius 2 is 1.85 bits per heavy atom. The van der Waals surface area contributed by atoms with Crippen molar-refractivity contribution < 1.29 is 9.59 Å². The van der Waals surface area contributed by atoms with Gasteiger partial charge in [0.25, 0.3) is 0 Å². The maximum Gasteiger partial charge on any atom is 0.243 e. The third-order valence-electron chi connectivity index (χ3n) is 6.01. The Kier molecular flexibility index (Phi) is 5.20. The highest BCUT2D eigenvalue weighted by molar-refractivity contribution is 6.00. The van der Waals surface area contributed by atoms with Gasteiger partial charge in [0.05, 0.1) is 17.9 Å². The van der Waals surface area contributed by atoms with Crippen molar-refractivity contribution in [1.29, 1.82) is 0 Å². The van der Waals surface area contributed by atoms with Crippen LogP contribution in [-0.4, -0.2) is 53.9 Å². The number of rotatable bonds is 3. The molecule has 140 valence electrons. The van der Waals surface area contributed by atoms with E-state index in [-0.39, 0.29) is 17.9 Å². The van der Waals surface area contributed by atoms with E-state index >= 15 is 0 Å². The van der Waals surface area contributed by atoms with Gasteiger partial charge in [-0.1, -0.05) is 0 Å². The second-order valence-corrected chi connectivity index (χ2v) is 7.79. The van der Waals surface area contributed by atoms with Gasteiger partial charge in [-0.2, -0.15) is 0 Å². The first-order valence-electron chi connectivity index (χ1n) is 9.99. The molecule has 0 bridgehead atoms. The van der Waals surface area contributed by atoms with E-state index in [1.54, 1.807) is 0 Å². The van der Waals surface area contributed by atoms with Gasteiger partial charge < -0.3 is 4.90 Å². The minimum atomic E-state index is -0.164. The number of carbonyl (C=O) groups excluding carboxylic acids is 2. The predicted molar refractivity (Wildman–Crippen MR) is 100 cm³/mol. The van der Waals surface area contributed by atoms with Crippen molar-refractivity contribution >= 4 is 17.5 Å². The molecule has 3 aliphatic rings. The molecule has 26 heavy (non-hydrogen) atoms. The summed E-state index contributed by atoms with van der Waals surface area (Å²) in [5.74, 6) is 0.0923. The number of hydrogen-bond acceptors (Lipinski definition) is 5. The summed E-state index contributed by atoms with van der Waals surface area (Å²) in [5, 5.41) is 2.48. The number of hydrogen-bond donors (Lipinski definition) is 1. The zero-order valence-electron chi connectivity index (χ0n) is 15.3. The Hall–Kier alpha value is -1.95. The molecular formula is C20H28N4O2. The summed E-state index contributed by atoms with van der Waals surface area (Å²) in [4.78, 5) is 33.0. The van der Waals surface area contributed by atoms with Crippen molar-refractivity contribution in [1.82, 2.24) is 15.2 Å². The highest BCUT2D eigenvalue weighted by Gasteiger charge is 2.34. The Bertz CT molecular complexity index is 654. The summed E-state index contributed by atoms with van der Waals surface area (Å²) < 4.78 is 0. The van der Waals surface area contributed by atoms with Crippen LogP contribution in [0.5, 0.6) is 0 Å². The zero-order valence-corrected chi connectivity index (χ0v) is 15.3. The van der Waals surface area contributed by atoms with Crippen LogP contribution >= 0.6 is 0 Å². The average Bonchev–Trinajstić information content (AvgIpc) is 2.69. The number of imide groups is 1. The first-order valence-corrected chi connectivity index (χ1v) is 9.99. The third kappa shape index (κ3) is 3.75. The Morgan fingerprint density at radius 3 is 2.58 bits per heavy atom. The highest BCUT2D eigenvalue weighted by atomic mass is 16.2. The SMILES string of the molecule is O=C1CC[C@@H](N2CCCC(c3ccc(N4CCCCC4)cn3)C2)C(=O)N1. The van der Waals surface area contributed by atoms with Gasteiger partial charge in [0.1, 0.15) is 0 Å². The molecule has 0 saturated carbocycles. The fraction of sp³-hybridized carbons (Fsp3) is 0.650. The van der Waals surface area contributed by atoms with Crippen LogP contribution in [0, 0.1) is 0 Å². The molecule has 2 atom stereocenters. The molecule has 6 heteroatoms. The number of carbonyl (C=O) groups is 2. The molecule has 1 unspecified atom stereocenters. The molecule has 0 aromatic carbocycles. The van der Waals surface area contributed by atoms with Gasteiger partial charge in [0, 0.05) is 37.7 Å². The normalized spacial score (nSPS) is 28.1. The quantitative estimate of drug-likeness (QED) is 0.840. The average molecular weight is 356 g/mol. The second-order valence-electron chi connectivity index (χ2n) is 7.79. The highest BCUT2D eigenvalue weighted by Crippen LogP contribution is 2.29. The minimum absolute atomic E-state index is 0.129. The van der Waals surface area contributed by atoms with Gasteiger partial charge in [-0.15, -0.1) is 0 Å². The van der Waals surface area contributed by atoms with Crippen molar-refractivity contribution in [2.45, 2.75) is 56.9 Å². The van der Waals surface area contributed by atoms with Crippen LogP contribution in [0.25, 0.3) is 0 Å². The zero-order chi connectivity index (χ0) is 17.9. The summed E-state index contributed by atoms with van der Waals surface area (Å²) in [7, 11) is 0. The lowest BCUT2D eigenvalue weighted by molar-refractivity contribution is -0.138. The molecule has 4 heterocycles. The third-order valence-corrected chi connectivity index (χ3v) is 6.01. The minimum Gasteiger partial charge on any atom is -0.370 e. The van der Waals surface area contributed by atoms with Gasteiger partial charge in [-0.3, -0.25) is 24.8 Å². The number of pyridine rings is 1. The first kappa shape index (κ1) is 17.5. The van der Waals surface area contributed by atoms with Crippen LogP contribution in [-0.2, 0) is 9.59 Å². The van der Waals surface area contributed by atoms with Gasteiger partial charge in [-0.25, -0.2) is 0 Å². The number of nitrogens with one attached hydrogen (secondary N) is 1. The van der Waals surface area contributed by atoms with Crippen LogP contribution in [0.15, 0.2) is 18.3 Å². The van der Waals surface area contributed by atoms with E-state index in [0.717, 1.165) is 44.7 Å². The van der Waals surface area contributed by atoms with Gasteiger partial charge in [-0.05, 0) is 57.2 Å². The summed E-state index contributed by atoms with van der Waals surface area (Å²) in [6, 6.07) is 4.21. The van der Waals surface area contributed by atoms with Crippen LogP contribution in [0.2, 0.25) is 0 Å². The molecule has 4 rings (SSSR count).